The van der Waals surface area contributed by atoms with E-state index in [-0.39, 0.29) is 16.9 Å². The standard InChI is InChI=1S/C20H29N3O2/c1-8-25-15-11-9-14(10-12-15)18(24)21-17-13-16(19(2,3)4)22-23(17)20(5,6)7/h9-13H,8H2,1-7H3,(H,21,24). The fraction of sp³-hybridized carbons (Fsp3) is 0.500. The molecule has 1 heterocycles. The van der Waals surface area contributed by atoms with E-state index in [1.54, 1.807) is 24.3 Å². The van der Waals surface area contributed by atoms with Crippen LogP contribution in [0, 0.1) is 0 Å². The monoisotopic (exact) mass is 343 g/mol. The van der Waals surface area contributed by atoms with Gasteiger partial charge in [0, 0.05) is 17.0 Å². The van der Waals surface area contributed by atoms with E-state index in [9.17, 15) is 4.79 Å². The molecule has 1 aromatic carbocycles. The van der Waals surface area contributed by atoms with E-state index in [1.807, 2.05) is 17.7 Å². The number of nitrogens with zero attached hydrogens (tertiary/aromatic N) is 2. The molecule has 2 aromatic rings. The van der Waals surface area contributed by atoms with Crippen LogP contribution in [-0.4, -0.2) is 22.3 Å². The molecule has 25 heavy (non-hydrogen) atoms. The Morgan fingerprint density at radius 3 is 2.20 bits per heavy atom. The van der Waals surface area contributed by atoms with E-state index >= 15 is 0 Å². The zero-order valence-corrected chi connectivity index (χ0v) is 16.3. The lowest BCUT2D eigenvalue weighted by Crippen LogP contribution is -2.27. The third-order valence-electron chi connectivity index (χ3n) is 3.78. The first kappa shape index (κ1) is 19.0. The van der Waals surface area contributed by atoms with E-state index < -0.39 is 0 Å². The average molecular weight is 343 g/mol. The molecule has 0 spiro atoms. The van der Waals surface area contributed by atoms with Gasteiger partial charge in [-0.3, -0.25) is 4.79 Å². The maximum atomic E-state index is 12.6. The molecular weight excluding hydrogens is 314 g/mol. The fourth-order valence-corrected chi connectivity index (χ4v) is 2.41. The Bertz CT molecular complexity index is 732. The van der Waals surface area contributed by atoms with Crippen LogP contribution in [0.1, 0.15) is 64.5 Å². The Hall–Kier alpha value is -2.30. The quantitative estimate of drug-likeness (QED) is 0.883. The molecule has 0 radical (unpaired) electrons. The molecule has 0 bridgehead atoms. The fourth-order valence-electron chi connectivity index (χ4n) is 2.41. The first-order chi connectivity index (χ1) is 11.5. The summed E-state index contributed by atoms with van der Waals surface area (Å²) in [7, 11) is 0. The van der Waals surface area contributed by atoms with Gasteiger partial charge in [0.1, 0.15) is 11.6 Å². The lowest BCUT2D eigenvalue weighted by Gasteiger charge is -2.23. The molecule has 1 N–H and O–H groups in total. The number of benzene rings is 1. The summed E-state index contributed by atoms with van der Waals surface area (Å²) >= 11 is 0. The molecule has 136 valence electrons. The lowest BCUT2D eigenvalue weighted by atomic mass is 9.92. The Morgan fingerprint density at radius 1 is 1.12 bits per heavy atom. The van der Waals surface area contributed by atoms with Gasteiger partial charge in [0.2, 0.25) is 0 Å². The second kappa shape index (κ2) is 6.90. The van der Waals surface area contributed by atoms with Crippen molar-refractivity contribution in [3.8, 4) is 5.75 Å². The van der Waals surface area contributed by atoms with E-state index in [1.165, 1.54) is 0 Å². The highest BCUT2D eigenvalue weighted by atomic mass is 16.5. The van der Waals surface area contributed by atoms with Gasteiger partial charge in [-0.2, -0.15) is 5.10 Å². The minimum Gasteiger partial charge on any atom is -0.494 e. The van der Waals surface area contributed by atoms with Crippen molar-refractivity contribution in [2.45, 2.75) is 59.4 Å². The average Bonchev–Trinajstić information content (AvgIpc) is 2.92. The molecule has 0 aliphatic carbocycles. The van der Waals surface area contributed by atoms with Gasteiger partial charge in [0.25, 0.3) is 5.91 Å². The van der Waals surface area contributed by atoms with Crippen molar-refractivity contribution in [3.63, 3.8) is 0 Å². The summed E-state index contributed by atoms with van der Waals surface area (Å²) in [5, 5.41) is 7.72. The second-order valence-electron chi connectivity index (χ2n) is 8.16. The van der Waals surface area contributed by atoms with Gasteiger partial charge in [-0.1, -0.05) is 20.8 Å². The van der Waals surface area contributed by atoms with Crippen LogP contribution in [0.5, 0.6) is 5.75 Å². The van der Waals surface area contributed by atoms with Gasteiger partial charge < -0.3 is 10.1 Å². The summed E-state index contributed by atoms with van der Waals surface area (Å²) in [5.41, 5.74) is 1.21. The molecule has 0 aliphatic heterocycles. The SMILES string of the molecule is CCOc1ccc(C(=O)Nc2cc(C(C)(C)C)nn2C(C)(C)C)cc1. The first-order valence-corrected chi connectivity index (χ1v) is 8.67. The minimum atomic E-state index is -0.231. The number of rotatable bonds is 4. The molecule has 5 heteroatoms. The number of hydrogen-bond donors (Lipinski definition) is 1. The van der Waals surface area contributed by atoms with Gasteiger partial charge in [0.15, 0.2) is 0 Å². The molecule has 1 aromatic heterocycles. The molecule has 0 unspecified atom stereocenters. The maximum absolute atomic E-state index is 12.6. The van der Waals surface area contributed by atoms with Gasteiger partial charge in [-0.05, 0) is 52.0 Å². The Labute approximate surface area is 150 Å². The minimum absolute atomic E-state index is 0.0882. The molecule has 0 atom stereocenters. The first-order valence-electron chi connectivity index (χ1n) is 8.67. The van der Waals surface area contributed by atoms with Crippen LogP contribution in [0.15, 0.2) is 30.3 Å². The van der Waals surface area contributed by atoms with Crippen LogP contribution < -0.4 is 10.1 Å². The van der Waals surface area contributed by atoms with Crippen LogP contribution in [0.3, 0.4) is 0 Å². The number of anilines is 1. The molecule has 0 aliphatic rings. The van der Waals surface area contributed by atoms with E-state index in [4.69, 9.17) is 9.84 Å². The lowest BCUT2D eigenvalue weighted by molar-refractivity contribution is 0.102. The molecule has 1 amide bonds. The molecule has 5 nitrogen and oxygen atoms in total. The van der Waals surface area contributed by atoms with Crippen molar-refractivity contribution < 1.29 is 9.53 Å². The van der Waals surface area contributed by atoms with Crippen molar-refractivity contribution in [1.29, 1.82) is 0 Å². The van der Waals surface area contributed by atoms with Crippen molar-refractivity contribution in [2.75, 3.05) is 11.9 Å². The molecule has 0 saturated carbocycles. The number of hydrogen-bond acceptors (Lipinski definition) is 3. The predicted octanol–water partition coefficient (Wildman–Crippen LogP) is 4.59. The van der Waals surface area contributed by atoms with Gasteiger partial charge in [-0.15, -0.1) is 0 Å². The number of carbonyl (C=O) groups excluding carboxylic acids is 1. The van der Waals surface area contributed by atoms with Gasteiger partial charge >= 0.3 is 0 Å². The second-order valence-corrected chi connectivity index (χ2v) is 8.16. The van der Waals surface area contributed by atoms with E-state index in [2.05, 4.69) is 46.9 Å². The highest BCUT2D eigenvalue weighted by molar-refractivity contribution is 6.03. The molecule has 0 saturated heterocycles. The number of aromatic nitrogens is 2. The summed E-state index contributed by atoms with van der Waals surface area (Å²) in [6, 6.07) is 9.10. The van der Waals surface area contributed by atoms with Crippen LogP contribution in [0.25, 0.3) is 0 Å². The number of nitrogens with one attached hydrogen (secondary N) is 1. The molecule has 2 rings (SSSR count). The normalized spacial score (nSPS) is 12.1. The number of carbonyl (C=O) groups is 1. The van der Waals surface area contributed by atoms with Crippen LogP contribution in [0.2, 0.25) is 0 Å². The van der Waals surface area contributed by atoms with E-state index in [0.717, 1.165) is 11.4 Å². The van der Waals surface area contributed by atoms with Gasteiger partial charge in [0.05, 0.1) is 17.8 Å². The van der Waals surface area contributed by atoms with Crippen molar-refractivity contribution in [2.24, 2.45) is 0 Å². The Kier molecular flexibility index (Phi) is 5.26. The largest absolute Gasteiger partial charge is 0.494 e. The summed E-state index contributed by atoms with van der Waals surface area (Å²) in [5.74, 6) is 1.30. The number of ether oxygens (including phenoxy) is 1. The summed E-state index contributed by atoms with van der Waals surface area (Å²) in [6.07, 6.45) is 0. The summed E-state index contributed by atoms with van der Waals surface area (Å²) in [4.78, 5) is 12.6. The van der Waals surface area contributed by atoms with E-state index in [0.29, 0.717) is 18.0 Å². The molecule has 0 fully saturated rings. The number of amides is 1. The zero-order chi connectivity index (χ0) is 18.8. The van der Waals surface area contributed by atoms with Crippen molar-refractivity contribution in [1.82, 2.24) is 9.78 Å². The predicted molar refractivity (Wildman–Crippen MR) is 101 cm³/mol. The van der Waals surface area contributed by atoms with Gasteiger partial charge in [-0.25, -0.2) is 4.68 Å². The third kappa shape index (κ3) is 4.62. The highest BCUT2D eigenvalue weighted by Gasteiger charge is 2.25. The Morgan fingerprint density at radius 2 is 1.72 bits per heavy atom. The maximum Gasteiger partial charge on any atom is 0.256 e. The Balaban J connectivity index is 2.29. The van der Waals surface area contributed by atoms with Crippen LogP contribution >= 0.6 is 0 Å². The zero-order valence-electron chi connectivity index (χ0n) is 16.3. The van der Waals surface area contributed by atoms with Crippen LogP contribution in [0.4, 0.5) is 5.82 Å². The van der Waals surface area contributed by atoms with Crippen molar-refractivity contribution in [3.05, 3.63) is 41.6 Å². The van der Waals surface area contributed by atoms with Crippen molar-refractivity contribution >= 4 is 11.7 Å². The summed E-state index contributed by atoms with van der Waals surface area (Å²) in [6.45, 7) is 15.1. The summed E-state index contributed by atoms with van der Waals surface area (Å²) < 4.78 is 7.29. The smallest absolute Gasteiger partial charge is 0.256 e. The van der Waals surface area contributed by atoms with Crippen LogP contribution in [-0.2, 0) is 11.0 Å². The third-order valence-corrected chi connectivity index (χ3v) is 3.78. The topological polar surface area (TPSA) is 56.1 Å². The molecular formula is C20H29N3O2. The highest BCUT2D eigenvalue weighted by Crippen LogP contribution is 2.28.